The number of amides is 1. The molecule has 2 saturated carbocycles. The lowest BCUT2D eigenvalue weighted by molar-refractivity contribution is -0.145. The third-order valence-corrected chi connectivity index (χ3v) is 4.03. The molecule has 2 fully saturated rings. The van der Waals surface area contributed by atoms with Crippen LogP contribution in [0.2, 0.25) is 0 Å². The van der Waals surface area contributed by atoms with E-state index in [-0.39, 0.29) is 29.8 Å². The second-order valence-corrected chi connectivity index (χ2v) is 5.36. The number of hydrogen-bond donors (Lipinski definition) is 1. The van der Waals surface area contributed by atoms with E-state index in [1.165, 1.54) is 0 Å². The minimum atomic E-state index is -0.904. The van der Waals surface area contributed by atoms with Gasteiger partial charge in [0.1, 0.15) is 6.54 Å². The molecule has 0 aromatic carbocycles. The van der Waals surface area contributed by atoms with E-state index in [9.17, 15) is 9.59 Å². The number of nitrogens with zero attached hydrogens (tertiary/aromatic N) is 1. The number of carbonyl (C=O) groups excluding carboxylic acids is 1. The molecule has 0 saturated heterocycles. The summed E-state index contributed by atoms with van der Waals surface area (Å²) >= 11 is 0. The van der Waals surface area contributed by atoms with Crippen LogP contribution in [0, 0.1) is 11.3 Å². The topological polar surface area (TPSA) is 57.6 Å². The molecule has 0 spiro atoms. The highest BCUT2D eigenvalue weighted by atomic mass is 16.4. The molecule has 0 radical (unpaired) electrons. The minimum Gasteiger partial charge on any atom is -0.480 e. The largest absolute Gasteiger partial charge is 0.480 e. The minimum absolute atomic E-state index is 0.0641. The highest BCUT2D eigenvalue weighted by Gasteiger charge is 2.55. The Hall–Kier alpha value is -1.06. The average Bonchev–Trinajstić information content (AvgIpc) is 3.08. The molecule has 2 aliphatic carbocycles. The van der Waals surface area contributed by atoms with Gasteiger partial charge in [-0.15, -0.1) is 0 Å². The Balaban J connectivity index is 1.99. The quantitative estimate of drug-likeness (QED) is 0.771. The summed E-state index contributed by atoms with van der Waals surface area (Å²) < 4.78 is 0. The molecule has 0 aliphatic heterocycles. The van der Waals surface area contributed by atoms with Gasteiger partial charge in [-0.25, -0.2) is 0 Å². The van der Waals surface area contributed by atoms with E-state index in [2.05, 4.69) is 13.8 Å². The summed E-state index contributed by atoms with van der Waals surface area (Å²) in [7, 11) is 0. The second-order valence-electron chi connectivity index (χ2n) is 5.36. The number of rotatable bonds is 5. The molecule has 0 aromatic heterocycles. The van der Waals surface area contributed by atoms with Gasteiger partial charge in [0.2, 0.25) is 5.91 Å². The van der Waals surface area contributed by atoms with Gasteiger partial charge in [0, 0.05) is 12.0 Å². The Labute approximate surface area is 95.6 Å². The van der Waals surface area contributed by atoms with E-state index in [1.807, 2.05) is 0 Å². The summed E-state index contributed by atoms with van der Waals surface area (Å²) in [5, 5.41) is 8.81. The summed E-state index contributed by atoms with van der Waals surface area (Å²) in [6, 6.07) is 0.199. The Morgan fingerprint density at radius 2 is 2.06 bits per heavy atom. The van der Waals surface area contributed by atoms with Gasteiger partial charge in [0.05, 0.1) is 0 Å². The Morgan fingerprint density at radius 3 is 2.44 bits per heavy atom. The van der Waals surface area contributed by atoms with Crippen LogP contribution in [0.4, 0.5) is 0 Å². The maximum Gasteiger partial charge on any atom is 0.323 e. The molecule has 0 aromatic rings. The van der Waals surface area contributed by atoms with Crippen LogP contribution in [0.15, 0.2) is 0 Å². The fourth-order valence-corrected chi connectivity index (χ4v) is 2.30. The summed E-state index contributed by atoms with van der Waals surface area (Å²) in [6.07, 6.45) is 3.85. The average molecular weight is 225 g/mol. The lowest BCUT2D eigenvalue weighted by atomic mass is 10.0. The van der Waals surface area contributed by atoms with Crippen LogP contribution in [0.3, 0.4) is 0 Å². The molecule has 1 amide bonds. The highest BCUT2D eigenvalue weighted by Crippen LogP contribution is 2.56. The van der Waals surface area contributed by atoms with E-state index in [0.29, 0.717) is 0 Å². The Bertz CT molecular complexity index is 324. The fourth-order valence-electron chi connectivity index (χ4n) is 2.30. The van der Waals surface area contributed by atoms with Gasteiger partial charge >= 0.3 is 5.97 Å². The molecule has 90 valence electrons. The maximum atomic E-state index is 12.2. The van der Waals surface area contributed by atoms with Gasteiger partial charge < -0.3 is 10.0 Å². The van der Waals surface area contributed by atoms with Crippen molar-refractivity contribution in [2.75, 3.05) is 6.54 Å². The lowest BCUT2D eigenvalue weighted by Gasteiger charge is -2.21. The van der Waals surface area contributed by atoms with Gasteiger partial charge in [-0.05, 0) is 31.1 Å². The van der Waals surface area contributed by atoms with E-state index in [0.717, 1.165) is 25.7 Å². The first-order chi connectivity index (χ1) is 7.48. The summed E-state index contributed by atoms with van der Waals surface area (Å²) in [5.74, 6) is -0.772. The first-order valence-electron chi connectivity index (χ1n) is 6.00. The third kappa shape index (κ3) is 2.06. The molecular formula is C12H19NO3. The van der Waals surface area contributed by atoms with Gasteiger partial charge in [-0.3, -0.25) is 9.59 Å². The smallest absolute Gasteiger partial charge is 0.323 e. The van der Waals surface area contributed by atoms with Gasteiger partial charge in [0.15, 0.2) is 0 Å². The molecule has 2 aliphatic rings. The third-order valence-electron chi connectivity index (χ3n) is 4.03. The molecule has 1 N–H and O–H groups in total. The van der Waals surface area contributed by atoms with Crippen LogP contribution < -0.4 is 0 Å². The van der Waals surface area contributed by atoms with Crippen molar-refractivity contribution in [3.8, 4) is 0 Å². The number of carbonyl (C=O) groups is 2. The number of carboxylic acids is 1. The number of carboxylic acid groups (broad SMARTS) is 1. The van der Waals surface area contributed by atoms with Crippen molar-refractivity contribution in [1.82, 2.24) is 4.90 Å². The lowest BCUT2D eigenvalue weighted by Crippen LogP contribution is -2.39. The van der Waals surface area contributed by atoms with Crippen LogP contribution in [0.5, 0.6) is 0 Å². The zero-order valence-corrected chi connectivity index (χ0v) is 9.90. The zero-order chi connectivity index (χ0) is 11.9. The van der Waals surface area contributed by atoms with Gasteiger partial charge in [-0.1, -0.05) is 13.8 Å². The van der Waals surface area contributed by atoms with Crippen LogP contribution >= 0.6 is 0 Å². The van der Waals surface area contributed by atoms with Gasteiger partial charge in [0.25, 0.3) is 0 Å². The van der Waals surface area contributed by atoms with Gasteiger partial charge in [-0.2, -0.15) is 0 Å². The summed E-state index contributed by atoms with van der Waals surface area (Å²) in [5.41, 5.74) is 0.128. The Kier molecular flexibility index (Phi) is 2.68. The molecular weight excluding hydrogens is 206 g/mol. The number of hydrogen-bond acceptors (Lipinski definition) is 2. The fraction of sp³-hybridized carbons (Fsp3) is 0.833. The summed E-state index contributed by atoms with van der Waals surface area (Å²) in [6.45, 7) is 4.08. The predicted octanol–water partition coefficient (Wildman–Crippen LogP) is 1.50. The van der Waals surface area contributed by atoms with E-state index in [1.54, 1.807) is 4.90 Å². The maximum absolute atomic E-state index is 12.2. The van der Waals surface area contributed by atoms with Crippen molar-refractivity contribution in [1.29, 1.82) is 0 Å². The van der Waals surface area contributed by atoms with Crippen LogP contribution in [0.1, 0.15) is 39.5 Å². The van der Waals surface area contributed by atoms with Crippen LogP contribution in [-0.2, 0) is 9.59 Å². The van der Waals surface area contributed by atoms with Crippen molar-refractivity contribution in [3.63, 3.8) is 0 Å². The molecule has 4 heteroatoms. The molecule has 16 heavy (non-hydrogen) atoms. The van der Waals surface area contributed by atoms with Crippen molar-refractivity contribution < 1.29 is 14.7 Å². The van der Waals surface area contributed by atoms with E-state index < -0.39 is 5.97 Å². The van der Waals surface area contributed by atoms with Crippen molar-refractivity contribution >= 4 is 11.9 Å². The van der Waals surface area contributed by atoms with Crippen molar-refractivity contribution in [3.05, 3.63) is 0 Å². The Morgan fingerprint density at radius 1 is 1.44 bits per heavy atom. The molecule has 2 rings (SSSR count). The summed E-state index contributed by atoms with van der Waals surface area (Å²) in [4.78, 5) is 24.5. The number of aliphatic carboxylic acids is 1. The van der Waals surface area contributed by atoms with Crippen molar-refractivity contribution in [2.45, 2.75) is 45.6 Å². The molecule has 0 heterocycles. The standard InChI is InChI=1S/C12H19NO3/c1-3-12(2)6-9(12)11(16)13(7-10(14)15)8-4-5-8/h8-9H,3-7H2,1-2H3,(H,14,15). The highest BCUT2D eigenvalue weighted by molar-refractivity contribution is 5.86. The normalized spacial score (nSPS) is 32.2. The monoisotopic (exact) mass is 225 g/mol. The first-order valence-corrected chi connectivity index (χ1v) is 6.00. The molecule has 2 atom stereocenters. The SMILES string of the molecule is CCC1(C)CC1C(=O)N(CC(=O)O)C1CC1. The molecule has 2 unspecified atom stereocenters. The van der Waals surface area contributed by atoms with Crippen LogP contribution in [0.25, 0.3) is 0 Å². The molecule has 0 bridgehead atoms. The second kappa shape index (κ2) is 3.75. The first kappa shape index (κ1) is 11.4. The predicted molar refractivity (Wildman–Crippen MR) is 58.9 cm³/mol. The van der Waals surface area contributed by atoms with E-state index >= 15 is 0 Å². The van der Waals surface area contributed by atoms with Crippen LogP contribution in [-0.4, -0.2) is 34.5 Å². The zero-order valence-electron chi connectivity index (χ0n) is 9.90. The van der Waals surface area contributed by atoms with Crippen molar-refractivity contribution in [2.24, 2.45) is 11.3 Å². The molecule has 4 nitrogen and oxygen atoms in total. The van der Waals surface area contributed by atoms with E-state index in [4.69, 9.17) is 5.11 Å².